The van der Waals surface area contributed by atoms with Crippen molar-refractivity contribution < 1.29 is 0 Å². The quantitative estimate of drug-likeness (QED) is 0.774. The van der Waals surface area contributed by atoms with Crippen molar-refractivity contribution in [3.05, 3.63) is 39.0 Å². The first-order valence-corrected chi connectivity index (χ1v) is 7.50. The summed E-state index contributed by atoms with van der Waals surface area (Å²) in [4.78, 5) is 2.21. The summed E-state index contributed by atoms with van der Waals surface area (Å²) in [7, 11) is 1.96. The molecule has 1 aliphatic heterocycles. The highest BCUT2D eigenvalue weighted by Crippen LogP contribution is 2.39. The molecule has 0 unspecified atom stereocenters. The van der Waals surface area contributed by atoms with Crippen molar-refractivity contribution in [3.63, 3.8) is 0 Å². The molecule has 0 N–H and O–H groups in total. The Bertz CT molecular complexity index is 636. The number of anilines is 2. The van der Waals surface area contributed by atoms with Gasteiger partial charge in [-0.2, -0.15) is 5.10 Å². The van der Waals surface area contributed by atoms with Gasteiger partial charge in [0.05, 0.1) is 10.7 Å². The molecule has 3 rings (SSSR count). The molecule has 0 fully saturated rings. The number of halogens is 2. The van der Waals surface area contributed by atoms with Crippen LogP contribution in [0.5, 0.6) is 0 Å². The zero-order valence-electron chi connectivity index (χ0n) is 11.0. The summed E-state index contributed by atoms with van der Waals surface area (Å²) < 4.78 is 2.95. The Hall–Kier alpha value is -1.000. The molecule has 100 valence electrons. The summed E-state index contributed by atoms with van der Waals surface area (Å²) in [6, 6.07) is 6.17. The Balaban J connectivity index is 2.11. The fraction of sp³-hybridized carbons (Fsp3) is 0.357. The summed E-state index contributed by atoms with van der Waals surface area (Å²) in [6.45, 7) is 3.01. The molecule has 0 bridgehead atoms. The first kappa shape index (κ1) is 13.0. The Labute approximate surface area is 126 Å². The third-order valence-corrected chi connectivity index (χ3v) is 4.80. The molecule has 0 saturated heterocycles. The van der Waals surface area contributed by atoms with Gasteiger partial charge in [0, 0.05) is 19.2 Å². The summed E-state index contributed by atoms with van der Waals surface area (Å²) in [5.74, 6) is 1.02. The van der Waals surface area contributed by atoms with Crippen LogP contribution in [-0.2, 0) is 13.5 Å². The lowest BCUT2D eigenvalue weighted by atomic mass is 10.1. The van der Waals surface area contributed by atoms with Crippen molar-refractivity contribution in [2.45, 2.75) is 19.8 Å². The zero-order valence-corrected chi connectivity index (χ0v) is 13.3. The van der Waals surface area contributed by atoms with Crippen molar-refractivity contribution in [2.75, 3.05) is 11.4 Å². The standard InChI is InChI=1S/C14H15BrClN3/c1-9-5-6-12(11(16)8-9)19-7-3-4-10-13(15)18(2)17-14(10)19/h5-6,8H,3-4,7H2,1-2H3. The number of nitrogens with zero attached hydrogens (tertiary/aromatic N) is 3. The van der Waals surface area contributed by atoms with Gasteiger partial charge in [-0.25, -0.2) is 0 Å². The lowest BCUT2D eigenvalue weighted by molar-refractivity contribution is 0.737. The van der Waals surface area contributed by atoms with Gasteiger partial charge in [-0.05, 0) is 53.4 Å². The van der Waals surface area contributed by atoms with E-state index in [1.54, 1.807) is 0 Å². The lowest BCUT2D eigenvalue weighted by Gasteiger charge is -2.28. The molecular weight excluding hydrogens is 326 g/mol. The zero-order chi connectivity index (χ0) is 13.6. The van der Waals surface area contributed by atoms with Gasteiger partial charge < -0.3 is 4.90 Å². The van der Waals surface area contributed by atoms with E-state index in [-0.39, 0.29) is 0 Å². The lowest BCUT2D eigenvalue weighted by Crippen LogP contribution is -2.24. The van der Waals surface area contributed by atoms with Gasteiger partial charge >= 0.3 is 0 Å². The van der Waals surface area contributed by atoms with Crippen LogP contribution in [0.1, 0.15) is 17.5 Å². The second-order valence-corrected chi connectivity index (χ2v) is 6.08. The monoisotopic (exact) mass is 339 g/mol. The number of aryl methyl sites for hydroxylation is 2. The summed E-state index contributed by atoms with van der Waals surface area (Å²) in [6.07, 6.45) is 2.17. The molecule has 1 aromatic heterocycles. The number of rotatable bonds is 1. The van der Waals surface area contributed by atoms with Crippen LogP contribution >= 0.6 is 27.5 Å². The first-order valence-electron chi connectivity index (χ1n) is 6.33. The molecule has 19 heavy (non-hydrogen) atoms. The van der Waals surface area contributed by atoms with Crippen LogP contribution in [0.25, 0.3) is 0 Å². The predicted molar refractivity (Wildman–Crippen MR) is 82.4 cm³/mol. The second-order valence-electron chi connectivity index (χ2n) is 4.93. The van der Waals surface area contributed by atoms with Crippen LogP contribution in [0.4, 0.5) is 11.5 Å². The van der Waals surface area contributed by atoms with Gasteiger partial charge in [-0.3, -0.25) is 4.68 Å². The van der Waals surface area contributed by atoms with Crippen LogP contribution in [0, 0.1) is 6.92 Å². The maximum Gasteiger partial charge on any atom is 0.159 e. The van der Waals surface area contributed by atoms with E-state index >= 15 is 0 Å². The average molecular weight is 341 g/mol. The number of fused-ring (bicyclic) bond motifs is 1. The summed E-state index contributed by atoms with van der Waals surface area (Å²) in [5, 5.41) is 5.40. The Morgan fingerprint density at radius 1 is 1.37 bits per heavy atom. The van der Waals surface area contributed by atoms with E-state index in [1.807, 2.05) is 17.8 Å². The third kappa shape index (κ3) is 2.17. The smallest absolute Gasteiger partial charge is 0.159 e. The highest BCUT2D eigenvalue weighted by atomic mass is 79.9. The number of aromatic nitrogens is 2. The first-order chi connectivity index (χ1) is 9.08. The summed E-state index contributed by atoms with van der Waals surface area (Å²) >= 11 is 9.99. The van der Waals surface area contributed by atoms with Crippen molar-refractivity contribution >= 4 is 39.0 Å². The van der Waals surface area contributed by atoms with Crippen LogP contribution in [0.3, 0.4) is 0 Å². The molecule has 0 radical (unpaired) electrons. The van der Waals surface area contributed by atoms with Crippen LogP contribution in [0.2, 0.25) is 5.02 Å². The van der Waals surface area contributed by atoms with Gasteiger partial charge in [0.1, 0.15) is 4.60 Å². The van der Waals surface area contributed by atoms with Gasteiger partial charge in [0.25, 0.3) is 0 Å². The number of hydrogen-bond donors (Lipinski definition) is 0. The minimum Gasteiger partial charge on any atom is -0.323 e. The maximum atomic E-state index is 6.39. The third-order valence-electron chi connectivity index (χ3n) is 3.51. The van der Waals surface area contributed by atoms with Crippen molar-refractivity contribution in [1.29, 1.82) is 0 Å². The fourth-order valence-electron chi connectivity index (χ4n) is 2.55. The molecule has 1 aromatic carbocycles. The second kappa shape index (κ2) is 4.84. The molecule has 2 heterocycles. The molecule has 5 heteroatoms. The van der Waals surface area contributed by atoms with Gasteiger partial charge in [-0.15, -0.1) is 0 Å². The average Bonchev–Trinajstić information content (AvgIpc) is 2.66. The van der Waals surface area contributed by atoms with E-state index in [4.69, 9.17) is 11.6 Å². The Kier molecular flexibility index (Phi) is 3.31. The normalized spacial score (nSPS) is 14.6. The Morgan fingerprint density at radius 3 is 2.89 bits per heavy atom. The van der Waals surface area contributed by atoms with Crippen molar-refractivity contribution in [1.82, 2.24) is 9.78 Å². The van der Waals surface area contributed by atoms with Gasteiger partial charge in [-0.1, -0.05) is 17.7 Å². The number of benzene rings is 1. The van der Waals surface area contributed by atoms with Crippen LogP contribution in [-0.4, -0.2) is 16.3 Å². The molecule has 1 aliphatic rings. The maximum absolute atomic E-state index is 6.39. The largest absolute Gasteiger partial charge is 0.323 e. The predicted octanol–water partition coefficient (Wildman–Crippen LogP) is 4.23. The van der Waals surface area contributed by atoms with Crippen LogP contribution < -0.4 is 4.90 Å². The van der Waals surface area contributed by atoms with Crippen molar-refractivity contribution in [3.8, 4) is 0 Å². The van der Waals surface area contributed by atoms with E-state index in [0.717, 1.165) is 40.5 Å². The van der Waals surface area contributed by atoms with E-state index < -0.39 is 0 Å². The SMILES string of the molecule is Cc1ccc(N2CCCc3c2nn(C)c3Br)c(Cl)c1. The molecule has 0 atom stereocenters. The van der Waals surface area contributed by atoms with Crippen molar-refractivity contribution in [2.24, 2.45) is 7.05 Å². The molecule has 2 aromatic rings. The van der Waals surface area contributed by atoms with E-state index in [1.165, 1.54) is 11.1 Å². The minimum absolute atomic E-state index is 0.787. The highest BCUT2D eigenvalue weighted by molar-refractivity contribution is 9.10. The molecule has 3 nitrogen and oxygen atoms in total. The fourth-order valence-corrected chi connectivity index (χ4v) is 3.34. The molecular formula is C14H15BrClN3. The van der Waals surface area contributed by atoms with E-state index in [0.29, 0.717) is 0 Å². The Morgan fingerprint density at radius 2 is 2.16 bits per heavy atom. The number of hydrogen-bond acceptors (Lipinski definition) is 2. The molecule has 0 spiro atoms. The topological polar surface area (TPSA) is 21.1 Å². The van der Waals surface area contributed by atoms with E-state index in [9.17, 15) is 0 Å². The summed E-state index contributed by atoms with van der Waals surface area (Å²) in [5.41, 5.74) is 3.48. The minimum atomic E-state index is 0.787. The van der Waals surface area contributed by atoms with Crippen LogP contribution in [0.15, 0.2) is 22.8 Å². The van der Waals surface area contributed by atoms with Gasteiger partial charge in [0.2, 0.25) is 0 Å². The molecule has 0 aliphatic carbocycles. The molecule has 0 saturated carbocycles. The van der Waals surface area contributed by atoms with E-state index in [2.05, 4.69) is 45.0 Å². The highest BCUT2D eigenvalue weighted by Gasteiger charge is 2.25. The molecule has 0 amide bonds. The van der Waals surface area contributed by atoms with Gasteiger partial charge in [0.15, 0.2) is 5.82 Å².